The van der Waals surface area contributed by atoms with Gasteiger partial charge < -0.3 is 14.7 Å². The summed E-state index contributed by atoms with van der Waals surface area (Å²) in [7, 11) is -2.87. The minimum atomic E-state index is -2.87. The van der Waals surface area contributed by atoms with E-state index in [1.165, 1.54) is 0 Å². The smallest absolute Gasteiger partial charge is 0.414 e. The van der Waals surface area contributed by atoms with Gasteiger partial charge in [-0.05, 0) is 24.7 Å². The maximum Gasteiger partial charge on any atom is 0.414 e. The van der Waals surface area contributed by atoms with Crippen LogP contribution in [-0.2, 0) is 14.6 Å². The number of benzene rings is 1. The van der Waals surface area contributed by atoms with E-state index in [-0.39, 0.29) is 47.9 Å². The van der Waals surface area contributed by atoms with Crippen LogP contribution < -0.4 is 9.80 Å². The Balaban J connectivity index is 1.45. The molecule has 3 saturated heterocycles. The molecule has 4 rings (SSSR count). The maximum absolute atomic E-state index is 14.7. The maximum atomic E-state index is 14.7. The van der Waals surface area contributed by atoms with Crippen molar-refractivity contribution in [1.82, 2.24) is 0 Å². The number of hydrogen-bond donors (Lipinski definition) is 1. The van der Waals surface area contributed by atoms with Gasteiger partial charge in [-0.15, -0.1) is 0 Å². The zero-order valence-corrected chi connectivity index (χ0v) is 16.0. The Kier molecular flexibility index (Phi) is 4.95. The fraction of sp³-hybridized carbons (Fsp3) is 0.611. The zero-order chi connectivity index (χ0) is 20.1. The van der Waals surface area contributed by atoms with Crippen molar-refractivity contribution in [3.63, 3.8) is 0 Å². The van der Waals surface area contributed by atoms with E-state index < -0.39 is 33.7 Å². The Hall–Kier alpha value is -1.94. The molecule has 0 bridgehead atoms. The molecular formula is C18H22F2N2O5S. The summed E-state index contributed by atoms with van der Waals surface area (Å²) in [6.45, 7) is 0.575. The third kappa shape index (κ3) is 3.55. The van der Waals surface area contributed by atoms with Gasteiger partial charge in [-0.25, -0.2) is 22.0 Å². The van der Waals surface area contributed by atoms with Crippen LogP contribution in [0, 0.1) is 23.5 Å². The highest BCUT2D eigenvalue weighted by Gasteiger charge is 2.40. The Labute approximate surface area is 161 Å². The van der Waals surface area contributed by atoms with Gasteiger partial charge >= 0.3 is 6.09 Å². The molecule has 154 valence electrons. The van der Waals surface area contributed by atoms with Gasteiger partial charge in [0.05, 0.1) is 30.3 Å². The van der Waals surface area contributed by atoms with Crippen LogP contribution in [0.2, 0.25) is 0 Å². The van der Waals surface area contributed by atoms with E-state index >= 15 is 0 Å². The molecule has 7 nitrogen and oxygen atoms in total. The highest BCUT2D eigenvalue weighted by atomic mass is 32.2. The van der Waals surface area contributed by atoms with Crippen LogP contribution in [0.5, 0.6) is 0 Å². The number of ether oxygens (including phenoxy) is 1. The lowest BCUT2D eigenvalue weighted by molar-refractivity contribution is 0.0963. The van der Waals surface area contributed by atoms with Gasteiger partial charge in [0.2, 0.25) is 0 Å². The van der Waals surface area contributed by atoms with Crippen molar-refractivity contribution in [2.45, 2.75) is 18.9 Å². The molecule has 1 N–H and O–H groups in total. The highest BCUT2D eigenvalue weighted by Crippen LogP contribution is 2.37. The Morgan fingerprint density at radius 3 is 2.21 bits per heavy atom. The molecule has 3 heterocycles. The first kappa shape index (κ1) is 19.4. The molecule has 28 heavy (non-hydrogen) atoms. The lowest BCUT2D eigenvalue weighted by Gasteiger charge is -2.40. The molecule has 0 saturated carbocycles. The summed E-state index contributed by atoms with van der Waals surface area (Å²) in [6, 6.07) is 2.20. The SMILES string of the molecule is O=C1OC(CO)CN1c1cc(F)c(N2CCC(C3CS(=O)(=O)C3)CC2)c(F)c1. The van der Waals surface area contributed by atoms with E-state index in [1.807, 2.05) is 0 Å². The van der Waals surface area contributed by atoms with Crippen LogP contribution >= 0.6 is 0 Å². The standard InChI is InChI=1S/C18H22F2N2O5S/c19-15-5-13(22-7-14(8-23)27-18(22)24)6-16(20)17(15)21-3-1-11(2-4-21)12-9-28(25,26)10-12/h5-6,11-12,14,23H,1-4,7-10H2. The van der Waals surface area contributed by atoms with Crippen molar-refractivity contribution >= 4 is 27.3 Å². The number of nitrogens with zero attached hydrogens (tertiary/aromatic N) is 2. The number of anilines is 2. The van der Waals surface area contributed by atoms with Crippen LogP contribution in [0.3, 0.4) is 0 Å². The molecule has 10 heteroatoms. The van der Waals surface area contributed by atoms with E-state index in [1.54, 1.807) is 4.90 Å². The van der Waals surface area contributed by atoms with Crippen LogP contribution in [0.1, 0.15) is 12.8 Å². The first-order chi connectivity index (χ1) is 13.3. The summed E-state index contributed by atoms with van der Waals surface area (Å²) in [5.41, 5.74) is -0.0797. The van der Waals surface area contributed by atoms with Crippen LogP contribution in [-0.4, -0.2) is 63.5 Å². The van der Waals surface area contributed by atoms with Crippen LogP contribution in [0.25, 0.3) is 0 Å². The summed E-state index contributed by atoms with van der Waals surface area (Å²) >= 11 is 0. The van der Waals surface area contributed by atoms with Crippen molar-refractivity contribution in [3.05, 3.63) is 23.8 Å². The average molecular weight is 416 g/mol. The number of halogens is 2. The molecule has 3 fully saturated rings. The Morgan fingerprint density at radius 1 is 1.11 bits per heavy atom. The second-order valence-electron chi connectivity index (χ2n) is 7.72. The first-order valence-corrected chi connectivity index (χ1v) is 11.1. The average Bonchev–Trinajstić information content (AvgIpc) is 3.00. The van der Waals surface area contributed by atoms with E-state index in [4.69, 9.17) is 9.84 Å². The quantitative estimate of drug-likeness (QED) is 0.801. The number of carbonyl (C=O) groups excluding carboxylic acids is 1. The lowest BCUT2D eigenvalue weighted by atomic mass is 9.86. The number of rotatable bonds is 4. The number of piperidine rings is 1. The van der Waals surface area contributed by atoms with Gasteiger partial charge in [0.15, 0.2) is 21.5 Å². The van der Waals surface area contributed by atoms with Gasteiger partial charge in [0, 0.05) is 25.2 Å². The number of carbonyl (C=O) groups is 1. The van der Waals surface area contributed by atoms with Crippen molar-refractivity contribution in [3.8, 4) is 0 Å². The largest absolute Gasteiger partial charge is 0.441 e. The summed E-state index contributed by atoms with van der Waals surface area (Å²) in [6.07, 6.45) is -0.0796. The number of hydrogen-bond acceptors (Lipinski definition) is 6. The van der Waals surface area contributed by atoms with E-state index in [0.717, 1.165) is 17.0 Å². The summed E-state index contributed by atoms with van der Waals surface area (Å²) in [5.74, 6) is -0.671. The Morgan fingerprint density at radius 2 is 1.71 bits per heavy atom. The molecule has 1 aromatic rings. The molecule has 1 amide bonds. The van der Waals surface area contributed by atoms with Gasteiger partial charge in [-0.2, -0.15) is 0 Å². The molecule has 3 aliphatic heterocycles. The van der Waals surface area contributed by atoms with Crippen molar-refractivity contribution in [2.75, 3.05) is 47.5 Å². The third-order valence-corrected chi connectivity index (χ3v) is 7.72. The second kappa shape index (κ2) is 7.14. The predicted octanol–water partition coefficient (Wildman–Crippen LogP) is 1.54. The van der Waals surface area contributed by atoms with Crippen molar-refractivity contribution < 1.29 is 31.8 Å². The number of amides is 1. The molecule has 0 radical (unpaired) electrons. The van der Waals surface area contributed by atoms with E-state index in [0.29, 0.717) is 25.9 Å². The second-order valence-corrected chi connectivity index (χ2v) is 9.87. The van der Waals surface area contributed by atoms with Crippen molar-refractivity contribution in [1.29, 1.82) is 0 Å². The minimum absolute atomic E-state index is 0.0310. The summed E-state index contributed by atoms with van der Waals surface area (Å²) < 4.78 is 57.0. The first-order valence-electron chi connectivity index (χ1n) is 9.31. The van der Waals surface area contributed by atoms with E-state index in [9.17, 15) is 22.0 Å². The minimum Gasteiger partial charge on any atom is -0.441 e. The third-order valence-electron chi connectivity index (χ3n) is 5.85. The lowest BCUT2D eigenvalue weighted by Crippen LogP contribution is -2.46. The normalized spacial score (nSPS) is 25.7. The zero-order valence-electron chi connectivity index (χ0n) is 15.2. The number of cyclic esters (lactones) is 1. The van der Waals surface area contributed by atoms with E-state index in [2.05, 4.69) is 0 Å². The number of aliphatic hydroxyl groups is 1. The summed E-state index contributed by atoms with van der Waals surface area (Å²) in [4.78, 5) is 14.6. The molecular weight excluding hydrogens is 394 g/mol. The fourth-order valence-electron chi connectivity index (χ4n) is 4.31. The topological polar surface area (TPSA) is 87.2 Å². The highest BCUT2D eigenvalue weighted by molar-refractivity contribution is 7.92. The summed E-state index contributed by atoms with van der Waals surface area (Å²) in [5, 5.41) is 9.09. The number of aliphatic hydroxyl groups excluding tert-OH is 1. The molecule has 0 aromatic heterocycles. The van der Waals surface area contributed by atoms with Crippen LogP contribution in [0.4, 0.5) is 25.0 Å². The predicted molar refractivity (Wildman–Crippen MR) is 98.1 cm³/mol. The molecule has 1 aromatic carbocycles. The van der Waals surface area contributed by atoms with Gasteiger partial charge in [-0.1, -0.05) is 0 Å². The van der Waals surface area contributed by atoms with Gasteiger partial charge in [-0.3, -0.25) is 4.90 Å². The molecule has 0 spiro atoms. The van der Waals surface area contributed by atoms with Gasteiger partial charge in [0.1, 0.15) is 11.8 Å². The molecule has 0 aliphatic carbocycles. The molecule has 3 aliphatic rings. The van der Waals surface area contributed by atoms with Crippen LogP contribution in [0.15, 0.2) is 12.1 Å². The molecule has 1 unspecified atom stereocenters. The monoisotopic (exact) mass is 416 g/mol. The number of sulfone groups is 1. The molecule has 1 atom stereocenters. The van der Waals surface area contributed by atoms with Crippen molar-refractivity contribution in [2.24, 2.45) is 11.8 Å². The fourth-order valence-corrected chi connectivity index (χ4v) is 6.06. The Bertz CT molecular complexity index is 851. The van der Waals surface area contributed by atoms with Gasteiger partial charge in [0.25, 0.3) is 0 Å².